The van der Waals surface area contributed by atoms with E-state index in [9.17, 15) is 0 Å². The summed E-state index contributed by atoms with van der Waals surface area (Å²) in [7, 11) is 3.82. The van der Waals surface area contributed by atoms with Crippen LogP contribution in [0.4, 0.5) is 5.69 Å². The van der Waals surface area contributed by atoms with Crippen LogP contribution in [-0.4, -0.2) is 31.8 Å². The van der Waals surface area contributed by atoms with Crippen molar-refractivity contribution < 1.29 is 4.74 Å². The van der Waals surface area contributed by atoms with E-state index in [-0.39, 0.29) is 0 Å². The number of allylic oxidation sites excluding steroid dienone is 3. The lowest BCUT2D eigenvalue weighted by atomic mass is 10.0. The smallest absolute Gasteiger partial charge is 0.141 e. The molecule has 0 aliphatic carbocycles. The molecule has 2 aliphatic heterocycles. The quantitative estimate of drug-likeness (QED) is 0.707. The Bertz CT molecular complexity index is 1050. The lowest BCUT2D eigenvalue weighted by Gasteiger charge is -2.35. The predicted octanol–water partition coefficient (Wildman–Crippen LogP) is 5.39. The Kier molecular flexibility index (Phi) is 5.26. The molecule has 0 radical (unpaired) electrons. The van der Waals surface area contributed by atoms with E-state index in [0.29, 0.717) is 0 Å². The summed E-state index contributed by atoms with van der Waals surface area (Å²) in [5.74, 6) is 2.96. The fourth-order valence-electron chi connectivity index (χ4n) is 3.81. The van der Waals surface area contributed by atoms with Crippen LogP contribution in [0.25, 0.3) is 5.57 Å². The van der Waals surface area contributed by atoms with Crippen LogP contribution in [0.3, 0.4) is 0 Å². The zero-order valence-corrected chi connectivity index (χ0v) is 17.5. The highest BCUT2D eigenvalue weighted by atomic mass is 16.5. The maximum atomic E-state index is 5.45. The van der Waals surface area contributed by atoms with Crippen LogP contribution in [0.5, 0.6) is 5.75 Å². The maximum absolute atomic E-state index is 5.45. The van der Waals surface area contributed by atoms with Crippen molar-refractivity contribution in [3.63, 3.8) is 0 Å². The van der Waals surface area contributed by atoms with E-state index in [1.807, 2.05) is 18.3 Å². The largest absolute Gasteiger partial charge is 0.497 e. The Morgan fingerprint density at radius 3 is 2.69 bits per heavy atom. The van der Waals surface area contributed by atoms with E-state index >= 15 is 0 Å². The fraction of sp³-hybridized carbons (Fsp3) is 0.240. The van der Waals surface area contributed by atoms with Gasteiger partial charge in [-0.1, -0.05) is 35.9 Å². The molecule has 0 saturated heterocycles. The molecule has 4 nitrogen and oxygen atoms in total. The molecule has 2 aliphatic rings. The van der Waals surface area contributed by atoms with Crippen molar-refractivity contribution in [2.45, 2.75) is 20.3 Å². The SMILES string of the molecule is COc1cccc(C2=C3N=CC=C(N(C)c4cccc(C)c4)N3CCC(C)=C2)c1. The van der Waals surface area contributed by atoms with Crippen molar-refractivity contribution in [1.82, 2.24) is 4.90 Å². The van der Waals surface area contributed by atoms with Gasteiger partial charge in [-0.3, -0.25) is 0 Å². The van der Waals surface area contributed by atoms with Crippen LogP contribution < -0.4 is 9.64 Å². The van der Waals surface area contributed by atoms with Gasteiger partial charge in [0, 0.05) is 31.1 Å². The van der Waals surface area contributed by atoms with Gasteiger partial charge in [0.1, 0.15) is 17.4 Å². The summed E-state index contributed by atoms with van der Waals surface area (Å²) < 4.78 is 5.45. The highest BCUT2D eigenvalue weighted by Gasteiger charge is 2.26. The molecule has 0 bridgehead atoms. The molecule has 2 heterocycles. The monoisotopic (exact) mass is 385 g/mol. The zero-order valence-electron chi connectivity index (χ0n) is 17.5. The average molecular weight is 386 g/mol. The van der Waals surface area contributed by atoms with Crippen molar-refractivity contribution >= 4 is 17.5 Å². The Labute approximate surface area is 173 Å². The van der Waals surface area contributed by atoms with Crippen LogP contribution in [-0.2, 0) is 0 Å². The molecule has 4 rings (SSSR count). The second kappa shape index (κ2) is 8.00. The summed E-state index contributed by atoms with van der Waals surface area (Å²) >= 11 is 0. The maximum Gasteiger partial charge on any atom is 0.141 e. The molecule has 0 fully saturated rings. The minimum absolute atomic E-state index is 0.852. The van der Waals surface area contributed by atoms with Gasteiger partial charge in [0.15, 0.2) is 0 Å². The molecule has 2 aromatic rings. The lowest BCUT2D eigenvalue weighted by Crippen LogP contribution is -2.35. The predicted molar refractivity (Wildman–Crippen MR) is 121 cm³/mol. The summed E-state index contributed by atoms with van der Waals surface area (Å²) in [6.45, 7) is 5.21. The molecule has 0 aromatic heterocycles. The first-order valence-corrected chi connectivity index (χ1v) is 9.95. The topological polar surface area (TPSA) is 28.1 Å². The number of methoxy groups -OCH3 is 1. The minimum atomic E-state index is 0.852. The minimum Gasteiger partial charge on any atom is -0.497 e. The number of hydrogen-bond acceptors (Lipinski definition) is 4. The number of ether oxygens (including phenoxy) is 1. The summed E-state index contributed by atoms with van der Waals surface area (Å²) in [6, 6.07) is 16.8. The second-order valence-electron chi connectivity index (χ2n) is 7.56. The van der Waals surface area contributed by atoms with Crippen molar-refractivity contribution in [3.8, 4) is 5.75 Å². The third kappa shape index (κ3) is 3.83. The van der Waals surface area contributed by atoms with E-state index in [1.54, 1.807) is 7.11 Å². The lowest BCUT2D eigenvalue weighted by molar-refractivity contribution is 0.414. The van der Waals surface area contributed by atoms with E-state index < -0.39 is 0 Å². The summed E-state index contributed by atoms with van der Waals surface area (Å²) in [5.41, 5.74) is 6.00. The Morgan fingerprint density at radius 2 is 1.90 bits per heavy atom. The van der Waals surface area contributed by atoms with Gasteiger partial charge in [0.05, 0.1) is 7.11 Å². The van der Waals surface area contributed by atoms with Gasteiger partial charge < -0.3 is 14.5 Å². The van der Waals surface area contributed by atoms with Crippen molar-refractivity contribution in [3.05, 3.63) is 89.0 Å². The first-order chi connectivity index (χ1) is 14.1. The summed E-state index contributed by atoms with van der Waals surface area (Å²) in [5, 5.41) is 0. The fourth-order valence-corrected chi connectivity index (χ4v) is 3.81. The van der Waals surface area contributed by atoms with Crippen molar-refractivity contribution in [1.29, 1.82) is 0 Å². The number of nitrogens with zero attached hydrogens (tertiary/aromatic N) is 3. The van der Waals surface area contributed by atoms with E-state index in [2.05, 4.69) is 79.2 Å². The van der Waals surface area contributed by atoms with Crippen molar-refractivity contribution in [2.75, 3.05) is 25.6 Å². The normalized spacial score (nSPS) is 16.1. The number of aryl methyl sites for hydroxylation is 1. The van der Waals surface area contributed by atoms with Crippen LogP contribution in [0.15, 0.2) is 82.9 Å². The number of aliphatic imine (C=N–C) groups is 1. The molecule has 29 heavy (non-hydrogen) atoms. The van der Waals surface area contributed by atoms with Gasteiger partial charge in [-0.2, -0.15) is 0 Å². The first-order valence-electron chi connectivity index (χ1n) is 9.95. The second-order valence-corrected chi connectivity index (χ2v) is 7.56. The molecule has 2 aromatic carbocycles. The summed E-state index contributed by atoms with van der Waals surface area (Å²) in [6.07, 6.45) is 7.25. The molecule has 0 saturated carbocycles. The zero-order chi connectivity index (χ0) is 20.4. The standard InChI is InChI=1S/C25H27N3O/c1-18-7-5-9-21(15-18)27(3)24-11-13-26-25-23(16-19(2)12-14-28(24)25)20-8-6-10-22(17-20)29-4/h5-11,13,15-17H,12,14H2,1-4H3. The molecule has 4 heteroatoms. The molecule has 0 atom stereocenters. The van der Waals surface area contributed by atoms with Gasteiger partial charge in [-0.15, -0.1) is 0 Å². The van der Waals surface area contributed by atoms with E-state index in [4.69, 9.17) is 9.73 Å². The summed E-state index contributed by atoms with van der Waals surface area (Å²) in [4.78, 5) is 9.36. The number of benzene rings is 2. The van der Waals surface area contributed by atoms with Gasteiger partial charge in [-0.25, -0.2) is 4.99 Å². The molecular weight excluding hydrogens is 358 g/mol. The molecule has 0 spiro atoms. The first kappa shape index (κ1) is 19.1. The number of rotatable bonds is 4. The number of fused-ring (bicyclic) bond motifs is 1. The van der Waals surface area contributed by atoms with Crippen LogP contribution >= 0.6 is 0 Å². The van der Waals surface area contributed by atoms with Gasteiger partial charge >= 0.3 is 0 Å². The molecular formula is C25H27N3O. The van der Waals surface area contributed by atoms with Crippen LogP contribution in [0.1, 0.15) is 24.5 Å². The van der Waals surface area contributed by atoms with Gasteiger partial charge in [0.25, 0.3) is 0 Å². The Balaban J connectivity index is 1.79. The Hall–Kier alpha value is -3.27. The average Bonchev–Trinajstić information content (AvgIpc) is 2.92. The highest BCUT2D eigenvalue weighted by molar-refractivity contribution is 5.84. The van der Waals surface area contributed by atoms with Crippen molar-refractivity contribution in [2.24, 2.45) is 4.99 Å². The Morgan fingerprint density at radius 1 is 1.07 bits per heavy atom. The van der Waals surface area contributed by atoms with E-state index in [1.165, 1.54) is 16.8 Å². The molecule has 148 valence electrons. The van der Waals surface area contributed by atoms with Crippen LogP contribution in [0.2, 0.25) is 0 Å². The van der Waals surface area contributed by atoms with Gasteiger partial charge in [-0.05, 0) is 61.7 Å². The highest BCUT2D eigenvalue weighted by Crippen LogP contribution is 2.35. The third-order valence-electron chi connectivity index (χ3n) is 5.43. The number of hydrogen-bond donors (Lipinski definition) is 0. The molecule has 0 N–H and O–H groups in total. The third-order valence-corrected chi connectivity index (χ3v) is 5.43. The number of anilines is 1. The van der Waals surface area contributed by atoms with E-state index in [0.717, 1.165) is 41.5 Å². The van der Waals surface area contributed by atoms with Gasteiger partial charge in [0.2, 0.25) is 0 Å². The van der Waals surface area contributed by atoms with Crippen LogP contribution in [0, 0.1) is 6.92 Å². The molecule has 0 amide bonds. The molecule has 0 unspecified atom stereocenters.